The molecule has 5 nitrogen and oxygen atoms in total. The van der Waals surface area contributed by atoms with Crippen LogP contribution in [0.1, 0.15) is 49.2 Å². The molecule has 3 aromatic rings. The van der Waals surface area contributed by atoms with Gasteiger partial charge in [-0.25, -0.2) is 9.50 Å². The Hall–Kier alpha value is -2.42. The Balaban J connectivity index is 1.75. The molecule has 0 spiro atoms. The van der Waals surface area contributed by atoms with Crippen LogP contribution in [-0.4, -0.2) is 26.5 Å². The van der Waals surface area contributed by atoms with Crippen molar-refractivity contribution < 1.29 is 18.0 Å². The summed E-state index contributed by atoms with van der Waals surface area (Å²) >= 11 is 1.29. The first-order chi connectivity index (χ1) is 13.8. The zero-order chi connectivity index (χ0) is 20.8. The summed E-state index contributed by atoms with van der Waals surface area (Å²) in [5, 5.41) is 8.60. The van der Waals surface area contributed by atoms with E-state index >= 15 is 0 Å². The summed E-state index contributed by atoms with van der Waals surface area (Å²) in [6, 6.07) is 4.40. The molecular formula is C20H21F3N4OS. The number of amides is 1. The van der Waals surface area contributed by atoms with Gasteiger partial charge in [-0.1, -0.05) is 32.8 Å². The Morgan fingerprint density at radius 2 is 2.10 bits per heavy atom. The van der Waals surface area contributed by atoms with E-state index in [9.17, 15) is 18.0 Å². The molecule has 1 saturated carbocycles. The standard InChI is InChI=1S/C20H21F3N4OS/c1-11-5-3-6-14(12(11)2)26-19(28)13-10-24-27-17(20(21,22)23)9-15(25-18(13)27)16-7-4-8-29-16/h4,7-12,14H,3,5-6H2,1-2H3,(H,26,28)/t11-,12+,14-/m1/s1. The lowest BCUT2D eigenvalue weighted by atomic mass is 9.78. The summed E-state index contributed by atoms with van der Waals surface area (Å²) in [4.78, 5) is 17.9. The lowest BCUT2D eigenvalue weighted by molar-refractivity contribution is -0.142. The van der Waals surface area contributed by atoms with Crippen LogP contribution in [0.4, 0.5) is 13.2 Å². The highest BCUT2D eigenvalue weighted by Gasteiger charge is 2.36. The number of hydrogen-bond donors (Lipinski definition) is 1. The minimum absolute atomic E-state index is 0.0104. The van der Waals surface area contributed by atoms with Crippen molar-refractivity contribution in [2.45, 2.75) is 45.3 Å². The van der Waals surface area contributed by atoms with Crippen LogP contribution in [0.25, 0.3) is 16.2 Å². The summed E-state index contributed by atoms with van der Waals surface area (Å²) in [7, 11) is 0. The van der Waals surface area contributed by atoms with Crippen LogP contribution >= 0.6 is 11.3 Å². The number of nitrogens with one attached hydrogen (secondary N) is 1. The molecular weight excluding hydrogens is 401 g/mol. The Kier molecular flexibility index (Phi) is 5.10. The fourth-order valence-electron chi connectivity index (χ4n) is 3.91. The van der Waals surface area contributed by atoms with E-state index in [1.807, 2.05) is 0 Å². The molecule has 0 bridgehead atoms. The second-order valence-electron chi connectivity index (χ2n) is 7.64. The molecule has 0 unspecified atom stereocenters. The number of halogens is 3. The second-order valence-corrected chi connectivity index (χ2v) is 8.59. The monoisotopic (exact) mass is 422 g/mol. The van der Waals surface area contributed by atoms with Gasteiger partial charge in [-0.15, -0.1) is 11.3 Å². The van der Waals surface area contributed by atoms with E-state index in [1.165, 1.54) is 17.5 Å². The molecule has 1 aliphatic rings. The van der Waals surface area contributed by atoms with Crippen LogP contribution in [0.2, 0.25) is 0 Å². The first-order valence-electron chi connectivity index (χ1n) is 9.56. The van der Waals surface area contributed by atoms with Gasteiger partial charge in [-0.2, -0.15) is 18.3 Å². The Morgan fingerprint density at radius 3 is 2.79 bits per heavy atom. The molecule has 3 aromatic heterocycles. The topological polar surface area (TPSA) is 59.3 Å². The number of nitrogens with zero attached hydrogens (tertiary/aromatic N) is 3. The van der Waals surface area contributed by atoms with Crippen molar-refractivity contribution in [3.8, 4) is 10.6 Å². The fourth-order valence-corrected chi connectivity index (χ4v) is 4.59. The number of rotatable bonds is 3. The molecule has 3 atom stereocenters. The first-order valence-corrected chi connectivity index (χ1v) is 10.4. The van der Waals surface area contributed by atoms with Gasteiger partial charge < -0.3 is 5.32 Å². The third kappa shape index (κ3) is 3.75. The first kappa shape index (κ1) is 19.9. The third-order valence-corrected chi connectivity index (χ3v) is 6.70. The van der Waals surface area contributed by atoms with Gasteiger partial charge in [0, 0.05) is 6.04 Å². The summed E-state index contributed by atoms with van der Waals surface area (Å²) in [6.45, 7) is 4.25. The van der Waals surface area contributed by atoms with Gasteiger partial charge in [0.25, 0.3) is 5.91 Å². The summed E-state index contributed by atoms with van der Waals surface area (Å²) < 4.78 is 41.6. The fraction of sp³-hybridized carbons (Fsp3) is 0.450. The molecule has 1 aliphatic carbocycles. The molecule has 1 N–H and O–H groups in total. The van der Waals surface area contributed by atoms with Crippen LogP contribution in [0.15, 0.2) is 29.8 Å². The number of fused-ring (bicyclic) bond motifs is 1. The zero-order valence-corrected chi connectivity index (χ0v) is 16.8. The van der Waals surface area contributed by atoms with Crippen molar-refractivity contribution >= 4 is 22.9 Å². The molecule has 1 fully saturated rings. The predicted octanol–water partition coefficient (Wildman–Crippen LogP) is 5.03. The van der Waals surface area contributed by atoms with Crippen molar-refractivity contribution in [3.63, 3.8) is 0 Å². The summed E-state index contributed by atoms with van der Waals surface area (Å²) in [5.41, 5.74) is -0.810. The van der Waals surface area contributed by atoms with E-state index in [-0.39, 0.29) is 22.9 Å². The zero-order valence-electron chi connectivity index (χ0n) is 16.0. The third-order valence-electron chi connectivity index (χ3n) is 5.80. The van der Waals surface area contributed by atoms with Crippen LogP contribution in [0, 0.1) is 11.8 Å². The van der Waals surface area contributed by atoms with E-state index in [1.54, 1.807) is 17.5 Å². The van der Waals surface area contributed by atoms with Crippen molar-refractivity contribution in [3.05, 3.63) is 41.0 Å². The molecule has 29 heavy (non-hydrogen) atoms. The quantitative estimate of drug-likeness (QED) is 0.644. The molecule has 9 heteroatoms. The number of carbonyl (C=O) groups excluding carboxylic acids is 1. The predicted molar refractivity (Wildman–Crippen MR) is 105 cm³/mol. The number of carbonyl (C=O) groups is 1. The van der Waals surface area contributed by atoms with Gasteiger partial charge in [-0.05, 0) is 35.8 Å². The Bertz CT molecular complexity index is 1030. The smallest absolute Gasteiger partial charge is 0.349 e. The van der Waals surface area contributed by atoms with Gasteiger partial charge in [0.2, 0.25) is 0 Å². The molecule has 3 heterocycles. The number of thiophene rings is 1. The maximum Gasteiger partial charge on any atom is 0.433 e. The maximum absolute atomic E-state index is 13.6. The van der Waals surface area contributed by atoms with Crippen LogP contribution in [-0.2, 0) is 6.18 Å². The highest BCUT2D eigenvalue weighted by molar-refractivity contribution is 7.13. The average molecular weight is 422 g/mol. The summed E-state index contributed by atoms with van der Waals surface area (Å²) in [6.07, 6.45) is -0.463. The highest BCUT2D eigenvalue weighted by atomic mass is 32.1. The van der Waals surface area contributed by atoms with Gasteiger partial charge in [0.1, 0.15) is 5.56 Å². The SMILES string of the molecule is C[C@H]1[C@H](C)CCC[C@H]1NC(=O)c1cnn2c(C(F)(F)F)cc(-c3cccs3)nc12. The molecule has 0 radical (unpaired) electrons. The number of alkyl halides is 3. The van der Waals surface area contributed by atoms with Crippen LogP contribution < -0.4 is 5.32 Å². The van der Waals surface area contributed by atoms with Crippen LogP contribution in [0.3, 0.4) is 0 Å². The van der Waals surface area contributed by atoms with Gasteiger partial charge in [0.05, 0.1) is 16.8 Å². The lowest BCUT2D eigenvalue weighted by Gasteiger charge is -2.34. The minimum atomic E-state index is -4.62. The largest absolute Gasteiger partial charge is 0.433 e. The number of aromatic nitrogens is 3. The maximum atomic E-state index is 13.6. The molecule has 0 aliphatic heterocycles. The van der Waals surface area contributed by atoms with Gasteiger partial charge in [0.15, 0.2) is 11.3 Å². The molecule has 0 aromatic carbocycles. The Morgan fingerprint density at radius 1 is 1.31 bits per heavy atom. The van der Waals surface area contributed by atoms with E-state index < -0.39 is 17.8 Å². The highest BCUT2D eigenvalue weighted by Crippen LogP contribution is 2.34. The molecule has 154 valence electrons. The average Bonchev–Trinajstić information content (AvgIpc) is 3.33. The molecule has 0 saturated heterocycles. The Labute approximate surface area is 170 Å². The van der Waals surface area contributed by atoms with Crippen molar-refractivity contribution in [1.82, 2.24) is 19.9 Å². The van der Waals surface area contributed by atoms with Gasteiger partial charge in [-0.3, -0.25) is 4.79 Å². The molecule has 1 amide bonds. The van der Waals surface area contributed by atoms with E-state index in [2.05, 4.69) is 29.2 Å². The van der Waals surface area contributed by atoms with Crippen LogP contribution in [0.5, 0.6) is 0 Å². The number of hydrogen-bond acceptors (Lipinski definition) is 4. The summed E-state index contributed by atoms with van der Waals surface area (Å²) in [5.74, 6) is 0.350. The van der Waals surface area contributed by atoms with E-state index in [4.69, 9.17) is 0 Å². The van der Waals surface area contributed by atoms with E-state index in [0.29, 0.717) is 21.2 Å². The van der Waals surface area contributed by atoms with Crippen molar-refractivity contribution in [2.24, 2.45) is 11.8 Å². The van der Waals surface area contributed by atoms with E-state index in [0.717, 1.165) is 25.3 Å². The molecule has 4 rings (SSSR count). The normalized spacial score (nSPS) is 22.7. The lowest BCUT2D eigenvalue weighted by Crippen LogP contribution is -2.43. The van der Waals surface area contributed by atoms with Crippen molar-refractivity contribution in [2.75, 3.05) is 0 Å². The van der Waals surface area contributed by atoms with Gasteiger partial charge >= 0.3 is 6.18 Å². The second kappa shape index (κ2) is 7.44. The van der Waals surface area contributed by atoms with Crippen molar-refractivity contribution in [1.29, 1.82) is 0 Å². The minimum Gasteiger partial charge on any atom is -0.349 e.